The number of hydrogen-bond acceptors (Lipinski definition) is 3. The number of anilines is 1. The van der Waals surface area contributed by atoms with Crippen LogP contribution < -0.4 is 5.73 Å². The summed E-state index contributed by atoms with van der Waals surface area (Å²) in [5.74, 6) is -0.674. The van der Waals surface area contributed by atoms with Crippen molar-refractivity contribution in [1.29, 1.82) is 0 Å². The standard InChI is InChI=1S/C7H8FNO3S/c1-4-2-5(13(10,11)12)3-6(9)7(4)8/h2-3H,9H2,1H3,(H,10,11,12). The molecule has 3 N–H and O–H groups in total. The summed E-state index contributed by atoms with van der Waals surface area (Å²) in [6.07, 6.45) is 0. The van der Waals surface area contributed by atoms with Crippen molar-refractivity contribution in [1.82, 2.24) is 0 Å². The van der Waals surface area contributed by atoms with E-state index in [-0.39, 0.29) is 11.3 Å². The van der Waals surface area contributed by atoms with Gasteiger partial charge in [-0.25, -0.2) is 4.39 Å². The van der Waals surface area contributed by atoms with Crippen LogP contribution in [-0.4, -0.2) is 13.0 Å². The third kappa shape index (κ3) is 1.96. The van der Waals surface area contributed by atoms with Crippen molar-refractivity contribution in [2.45, 2.75) is 11.8 Å². The summed E-state index contributed by atoms with van der Waals surface area (Å²) >= 11 is 0. The van der Waals surface area contributed by atoms with Crippen molar-refractivity contribution < 1.29 is 17.4 Å². The van der Waals surface area contributed by atoms with Crippen molar-refractivity contribution >= 4 is 15.8 Å². The molecule has 0 saturated carbocycles. The van der Waals surface area contributed by atoms with Crippen LogP contribution in [0.1, 0.15) is 5.56 Å². The molecule has 13 heavy (non-hydrogen) atoms. The van der Waals surface area contributed by atoms with E-state index in [4.69, 9.17) is 10.3 Å². The van der Waals surface area contributed by atoms with Gasteiger partial charge in [-0.1, -0.05) is 0 Å². The van der Waals surface area contributed by atoms with Crippen molar-refractivity contribution in [3.05, 3.63) is 23.5 Å². The molecule has 0 amide bonds. The average Bonchev–Trinajstić information content (AvgIpc) is 1.97. The summed E-state index contributed by atoms with van der Waals surface area (Å²) in [5.41, 5.74) is 4.95. The normalized spacial score (nSPS) is 11.6. The molecule has 0 aliphatic heterocycles. The number of halogens is 1. The summed E-state index contributed by atoms with van der Waals surface area (Å²) in [6, 6.07) is 1.89. The van der Waals surface area contributed by atoms with Gasteiger partial charge in [-0.05, 0) is 24.6 Å². The lowest BCUT2D eigenvalue weighted by atomic mass is 10.2. The quantitative estimate of drug-likeness (QED) is 0.528. The zero-order chi connectivity index (χ0) is 10.2. The maximum atomic E-state index is 12.9. The van der Waals surface area contributed by atoms with E-state index in [9.17, 15) is 12.8 Å². The average molecular weight is 205 g/mol. The number of nitrogens with two attached hydrogens (primary N) is 1. The molecule has 1 rings (SSSR count). The Hall–Kier alpha value is -1.14. The molecule has 4 nitrogen and oxygen atoms in total. The summed E-state index contributed by atoms with van der Waals surface area (Å²) in [7, 11) is -4.31. The van der Waals surface area contributed by atoms with Crippen molar-refractivity contribution in [3.63, 3.8) is 0 Å². The lowest BCUT2D eigenvalue weighted by Crippen LogP contribution is -2.02. The van der Waals surface area contributed by atoms with E-state index in [1.807, 2.05) is 0 Å². The Kier molecular flexibility index (Phi) is 2.27. The highest BCUT2D eigenvalue weighted by Crippen LogP contribution is 2.20. The SMILES string of the molecule is Cc1cc(S(=O)(=O)O)cc(N)c1F. The second-order valence-corrected chi connectivity index (χ2v) is 4.04. The van der Waals surface area contributed by atoms with Gasteiger partial charge in [0.05, 0.1) is 10.6 Å². The number of hydrogen-bond donors (Lipinski definition) is 2. The summed E-state index contributed by atoms with van der Waals surface area (Å²) < 4.78 is 42.8. The maximum absolute atomic E-state index is 12.9. The molecule has 0 atom stereocenters. The second kappa shape index (κ2) is 2.97. The molecule has 72 valence electrons. The molecule has 6 heteroatoms. The van der Waals surface area contributed by atoms with Crippen LogP contribution in [-0.2, 0) is 10.1 Å². The Morgan fingerprint density at radius 3 is 2.38 bits per heavy atom. The molecule has 0 fully saturated rings. The smallest absolute Gasteiger partial charge is 0.294 e. The first-order valence-corrected chi connectivity index (χ1v) is 4.79. The Labute approximate surface area is 74.9 Å². The molecule has 0 aliphatic rings. The summed E-state index contributed by atoms with van der Waals surface area (Å²) in [4.78, 5) is -0.399. The van der Waals surface area contributed by atoms with E-state index in [2.05, 4.69) is 0 Å². The van der Waals surface area contributed by atoms with Crippen molar-refractivity contribution in [2.75, 3.05) is 5.73 Å². The fourth-order valence-electron chi connectivity index (χ4n) is 0.912. The lowest BCUT2D eigenvalue weighted by molar-refractivity contribution is 0.483. The highest BCUT2D eigenvalue weighted by molar-refractivity contribution is 7.85. The van der Waals surface area contributed by atoms with Crippen molar-refractivity contribution in [2.24, 2.45) is 0 Å². The van der Waals surface area contributed by atoms with Gasteiger partial charge in [0.2, 0.25) is 0 Å². The molecule has 0 radical (unpaired) electrons. The number of aryl methyl sites for hydroxylation is 1. The van der Waals surface area contributed by atoms with Gasteiger partial charge < -0.3 is 5.73 Å². The molecule has 0 heterocycles. The Morgan fingerprint density at radius 2 is 2.00 bits per heavy atom. The van der Waals surface area contributed by atoms with Gasteiger partial charge in [-0.2, -0.15) is 8.42 Å². The van der Waals surface area contributed by atoms with E-state index in [1.54, 1.807) is 0 Å². The van der Waals surface area contributed by atoms with Crippen molar-refractivity contribution in [3.8, 4) is 0 Å². The largest absolute Gasteiger partial charge is 0.396 e. The molecular weight excluding hydrogens is 197 g/mol. The third-order valence-electron chi connectivity index (χ3n) is 1.55. The van der Waals surface area contributed by atoms with Crippen LogP contribution in [0, 0.1) is 12.7 Å². The van der Waals surface area contributed by atoms with Gasteiger partial charge in [-0.15, -0.1) is 0 Å². The van der Waals surface area contributed by atoms with Crippen LogP contribution >= 0.6 is 0 Å². The molecule has 0 bridgehead atoms. The van der Waals surface area contributed by atoms with E-state index >= 15 is 0 Å². The molecule has 1 aromatic carbocycles. The third-order valence-corrected chi connectivity index (χ3v) is 2.39. The van der Waals surface area contributed by atoms with Crippen LogP contribution in [0.3, 0.4) is 0 Å². The Morgan fingerprint density at radius 1 is 1.46 bits per heavy atom. The number of rotatable bonds is 1. The van der Waals surface area contributed by atoms with E-state index in [1.165, 1.54) is 6.92 Å². The number of benzene rings is 1. The first-order valence-electron chi connectivity index (χ1n) is 3.35. The maximum Gasteiger partial charge on any atom is 0.294 e. The van der Waals surface area contributed by atoms with Crippen LogP contribution in [0.4, 0.5) is 10.1 Å². The number of nitrogen functional groups attached to an aromatic ring is 1. The minimum Gasteiger partial charge on any atom is -0.396 e. The predicted molar refractivity (Wildman–Crippen MR) is 45.4 cm³/mol. The van der Waals surface area contributed by atoms with E-state index in [0.29, 0.717) is 0 Å². The molecule has 0 unspecified atom stereocenters. The van der Waals surface area contributed by atoms with E-state index < -0.39 is 20.8 Å². The fraction of sp³-hybridized carbons (Fsp3) is 0.143. The van der Waals surface area contributed by atoms with Gasteiger partial charge >= 0.3 is 0 Å². The van der Waals surface area contributed by atoms with Gasteiger partial charge in [0.15, 0.2) is 0 Å². The minimum atomic E-state index is -4.31. The van der Waals surface area contributed by atoms with Crippen LogP contribution in [0.25, 0.3) is 0 Å². The first kappa shape index (κ1) is 9.94. The van der Waals surface area contributed by atoms with Crippen LogP contribution in [0.5, 0.6) is 0 Å². The summed E-state index contributed by atoms with van der Waals surface area (Å²) in [6.45, 7) is 1.36. The molecule has 0 saturated heterocycles. The minimum absolute atomic E-state index is 0.0765. The van der Waals surface area contributed by atoms with Gasteiger partial charge in [-0.3, -0.25) is 4.55 Å². The lowest BCUT2D eigenvalue weighted by Gasteiger charge is -2.03. The topological polar surface area (TPSA) is 80.4 Å². The van der Waals surface area contributed by atoms with E-state index in [0.717, 1.165) is 12.1 Å². The fourth-order valence-corrected chi connectivity index (χ4v) is 1.51. The Bertz CT molecular complexity index is 418. The van der Waals surface area contributed by atoms with Crippen LogP contribution in [0.15, 0.2) is 17.0 Å². The molecule has 0 spiro atoms. The van der Waals surface area contributed by atoms with Gasteiger partial charge in [0.1, 0.15) is 5.82 Å². The molecular formula is C7H8FNO3S. The summed E-state index contributed by atoms with van der Waals surface area (Å²) in [5, 5.41) is 0. The second-order valence-electron chi connectivity index (χ2n) is 2.62. The highest BCUT2D eigenvalue weighted by Gasteiger charge is 2.13. The first-order chi connectivity index (χ1) is 5.82. The molecule has 0 aromatic heterocycles. The zero-order valence-electron chi connectivity index (χ0n) is 6.78. The monoisotopic (exact) mass is 205 g/mol. The molecule has 1 aromatic rings. The molecule has 0 aliphatic carbocycles. The Balaban J connectivity index is 3.47. The highest BCUT2D eigenvalue weighted by atomic mass is 32.2. The van der Waals surface area contributed by atoms with Gasteiger partial charge in [0, 0.05) is 0 Å². The zero-order valence-corrected chi connectivity index (χ0v) is 7.60. The van der Waals surface area contributed by atoms with Crippen LogP contribution in [0.2, 0.25) is 0 Å². The predicted octanol–water partition coefficient (Wildman–Crippen LogP) is 0.963. The van der Waals surface area contributed by atoms with Gasteiger partial charge in [0.25, 0.3) is 10.1 Å².